The molecule has 34 heavy (non-hydrogen) atoms. The number of hydrogen-bond acceptors (Lipinski definition) is 10. The number of anilines is 3. The average Bonchev–Trinajstić information content (AvgIpc) is 3.15. The molecular formula is C22H21ClN8O3. The minimum atomic E-state index is -0.744. The molecule has 0 aliphatic heterocycles. The van der Waals surface area contributed by atoms with Crippen LogP contribution in [0.25, 0.3) is 5.82 Å². The summed E-state index contributed by atoms with van der Waals surface area (Å²) >= 11 is 6.20. The molecule has 0 saturated heterocycles. The number of carbonyl (C=O) groups excluding carboxylic acids is 1. The summed E-state index contributed by atoms with van der Waals surface area (Å²) in [4.78, 5) is 29.4. The summed E-state index contributed by atoms with van der Waals surface area (Å²) in [6.45, 7) is 3.48. The van der Waals surface area contributed by atoms with Crippen LogP contribution >= 0.6 is 11.6 Å². The van der Waals surface area contributed by atoms with Crippen molar-refractivity contribution in [2.45, 2.75) is 20.5 Å². The number of hydrogen-bond donors (Lipinski definition) is 2. The van der Waals surface area contributed by atoms with Gasteiger partial charge in [-0.1, -0.05) is 23.7 Å². The number of ether oxygens (including phenoxy) is 2. The third kappa shape index (κ3) is 5.04. The van der Waals surface area contributed by atoms with Gasteiger partial charge in [0.15, 0.2) is 23.9 Å². The highest BCUT2D eigenvalue weighted by atomic mass is 35.5. The number of rotatable bonds is 7. The fraction of sp³-hybridized carbons (Fsp3) is 0.182. The number of benzene rings is 1. The van der Waals surface area contributed by atoms with E-state index in [2.05, 4.69) is 30.4 Å². The largest absolute Gasteiger partial charge is 0.495 e. The molecule has 3 aromatic heterocycles. The first-order valence-electron chi connectivity index (χ1n) is 10.1. The number of halogens is 1. The van der Waals surface area contributed by atoms with Crippen LogP contribution in [0.1, 0.15) is 27.7 Å². The number of carbonyl (C=O) groups is 1. The van der Waals surface area contributed by atoms with Gasteiger partial charge in [-0.15, -0.1) is 0 Å². The summed E-state index contributed by atoms with van der Waals surface area (Å²) in [5.74, 6) is 0.565. The number of para-hydroxylation sites is 2. The zero-order valence-corrected chi connectivity index (χ0v) is 19.4. The number of pyridine rings is 1. The standard InChI is InChI=1S/C22H21ClN8O3/c1-12-10-13(2)31(30-12)18-9-8-14(23)19(28-18)20(32)34-11-17-26-21(24)29-22(27-17)25-15-6-4-5-7-16(15)33-3/h4-10H,11H2,1-3H3,(H3,24,25,26,27,29). The monoisotopic (exact) mass is 480 g/mol. The number of nitrogen functional groups attached to an aromatic ring is 1. The van der Waals surface area contributed by atoms with Crippen LogP contribution in [0, 0.1) is 13.8 Å². The highest BCUT2D eigenvalue weighted by Crippen LogP contribution is 2.26. The lowest BCUT2D eigenvalue weighted by Crippen LogP contribution is -2.14. The number of aryl methyl sites for hydroxylation is 2. The minimum absolute atomic E-state index is 0.0406. The van der Waals surface area contributed by atoms with Crippen LogP contribution < -0.4 is 15.8 Å². The van der Waals surface area contributed by atoms with Crippen LogP contribution in [-0.2, 0) is 11.3 Å². The maximum Gasteiger partial charge on any atom is 0.359 e. The first-order valence-corrected chi connectivity index (χ1v) is 10.5. The molecule has 3 N–H and O–H groups in total. The summed E-state index contributed by atoms with van der Waals surface area (Å²) < 4.78 is 12.3. The van der Waals surface area contributed by atoms with Crippen LogP contribution in [0.3, 0.4) is 0 Å². The van der Waals surface area contributed by atoms with E-state index in [0.29, 0.717) is 17.3 Å². The molecule has 0 spiro atoms. The Hall–Kier alpha value is -4.25. The van der Waals surface area contributed by atoms with Gasteiger partial charge in [0.2, 0.25) is 11.9 Å². The Kier molecular flexibility index (Phi) is 6.55. The van der Waals surface area contributed by atoms with E-state index in [1.807, 2.05) is 32.0 Å². The molecule has 1 aromatic carbocycles. The van der Waals surface area contributed by atoms with Gasteiger partial charge in [0.05, 0.1) is 23.5 Å². The van der Waals surface area contributed by atoms with Crippen molar-refractivity contribution in [3.8, 4) is 11.6 Å². The Labute approximate surface area is 199 Å². The van der Waals surface area contributed by atoms with Crippen molar-refractivity contribution in [1.82, 2.24) is 29.7 Å². The molecule has 4 rings (SSSR count). The summed E-state index contributed by atoms with van der Waals surface area (Å²) in [7, 11) is 1.55. The molecule has 3 heterocycles. The zero-order chi connectivity index (χ0) is 24.2. The van der Waals surface area contributed by atoms with Crippen LogP contribution in [0.5, 0.6) is 5.75 Å². The van der Waals surface area contributed by atoms with Crippen molar-refractivity contribution in [3.05, 3.63) is 70.4 Å². The molecule has 0 amide bonds. The van der Waals surface area contributed by atoms with Gasteiger partial charge in [0, 0.05) is 5.69 Å². The van der Waals surface area contributed by atoms with Gasteiger partial charge in [0.25, 0.3) is 0 Å². The quantitative estimate of drug-likeness (QED) is 0.377. The van der Waals surface area contributed by atoms with Crippen LogP contribution in [-0.4, -0.2) is 42.8 Å². The SMILES string of the molecule is COc1ccccc1Nc1nc(N)nc(COC(=O)c2nc(-n3nc(C)cc3C)ccc2Cl)n1. The van der Waals surface area contributed by atoms with Gasteiger partial charge in [-0.2, -0.15) is 20.1 Å². The molecule has 12 heteroatoms. The molecule has 0 aliphatic rings. The van der Waals surface area contributed by atoms with Gasteiger partial charge in [0.1, 0.15) is 5.75 Å². The van der Waals surface area contributed by atoms with Crippen molar-refractivity contribution in [3.63, 3.8) is 0 Å². The summed E-state index contributed by atoms with van der Waals surface area (Å²) in [6, 6.07) is 12.4. The van der Waals surface area contributed by atoms with Gasteiger partial charge >= 0.3 is 5.97 Å². The lowest BCUT2D eigenvalue weighted by atomic mass is 10.3. The molecule has 0 saturated carbocycles. The van der Waals surface area contributed by atoms with E-state index in [9.17, 15) is 4.79 Å². The number of methoxy groups -OCH3 is 1. The van der Waals surface area contributed by atoms with E-state index in [0.717, 1.165) is 11.4 Å². The maximum atomic E-state index is 12.7. The van der Waals surface area contributed by atoms with E-state index < -0.39 is 5.97 Å². The summed E-state index contributed by atoms with van der Waals surface area (Å²) in [5.41, 5.74) is 8.07. The Morgan fingerprint density at radius 3 is 2.65 bits per heavy atom. The zero-order valence-electron chi connectivity index (χ0n) is 18.6. The fourth-order valence-corrected chi connectivity index (χ4v) is 3.36. The van der Waals surface area contributed by atoms with E-state index in [1.165, 1.54) is 0 Å². The molecule has 0 radical (unpaired) electrons. The highest BCUT2D eigenvalue weighted by molar-refractivity contribution is 6.33. The van der Waals surface area contributed by atoms with E-state index in [1.54, 1.807) is 36.1 Å². The van der Waals surface area contributed by atoms with Crippen LogP contribution in [0.2, 0.25) is 5.02 Å². The minimum Gasteiger partial charge on any atom is -0.495 e. The second-order valence-electron chi connectivity index (χ2n) is 7.17. The van der Waals surface area contributed by atoms with Crippen molar-refractivity contribution >= 4 is 35.2 Å². The van der Waals surface area contributed by atoms with Crippen molar-refractivity contribution in [2.24, 2.45) is 0 Å². The third-order valence-corrected chi connectivity index (χ3v) is 4.94. The number of aromatic nitrogens is 6. The van der Waals surface area contributed by atoms with Gasteiger partial charge < -0.3 is 20.5 Å². The lowest BCUT2D eigenvalue weighted by Gasteiger charge is -2.11. The smallest absolute Gasteiger partial charge is 0.359 e. The number of nitrogens with zero attached hydrogens (tertiary/aromatic N) is 6. The first-order chi connectivity index (χ1) is 16.3. The Balaban J connectivity index is 1.51. The number of nitrogens with one attached hydrogen (secondary N) is 1. The molecule has 11 nitrogen and oxygen atoms in total. The molecular weight excluding hydrogens is 460 g/mol. The number of esters is 1. The van der Waals surface area contributed by atoms with Gasteiger partial charge in [-0.05, 0) is 44.2 Å². The maximum absolute atomic E-state index is 12.7. The second kappa shape index (κ2) is 9.71. The average molecular weight is 481 g/mol. The molecule has 0 bridgehead atoms. The van der Waals surface area contributed by atoms with Crippen molar-refractivity contribution < 1.29 is 14.3 Å². The molecule has 0 fully saturated rings. The van der Waals surface area contributed by atoms with Gasteiger partial charge in [-0.25, -0.2) is 14.5 Å². The molecule has 0 aliphatic carbocycles. The normalized spacial score (nSPS) is 10.7. The van der Waals surface area contributed by atoms with E-state index >= 15 is 0 Å². The Morgan fingerprint density at radius 1 is 1.12 bits per heavy atom. The predicted octanol–water partition coefficient (Wildman–Crippen LogP) is 3.41. The van der Waals surface area contributed by atoms with Crippen LogP contribution in [0.4, 0.5) is 17.6 Å². The highest BCUT2D eigenvalue weighted by Gasteiger charge is 2.18. The fourth-order valence-electron chi connectivity index (χ4n) is 3.18. The first kappa shape index (κ1) is 22.9. The Morgan fingerprint density at radius 2 is 1.91 bits per heavy atom. The van der Waals surface area contributed by atoms with Crippen molar-refractivity contribution in [2.75, 3.05) is 18.2 Å². The topological polar surface area (TPSA) is 143 Å². The van der Waals surface area contributed by atoms with Crippen LogP contribution in [0.15, 0.2) is 42.5 Å². The van der Waals surface area contributed by atoms with Crippen molar-refractivity contribution in [1.29, 1.82) is 0 Å². The third-order valence-electron chi connectivity index (χ3n) is 4.64. The van der Waals surface area contributed by atoms with E-state index in [-0.39, 0.29) is 35.0 Å². The molecule has 0 atom stereocenters. The van der Waals surface area contributed by atoms with Gasteiger partial charge in [-0.3, -0.25) is 0 Å². The lowest BCUT2D eigenvalue weighted by molar-refractivity contribution is 0.0455. The van der Waals surface area contributed by atoms with E-state index in [4.69, 9.17) is 26.8 Å². The second-order valence-corrected chi connectivity index (χ2v) is 7.58. The number of nitrogens with two attached hydrogens (primary N) is 1. The predicted molar refractivity (Wildman–Crippen MR) is 125 cm³/mol. The molecule has 0 unspecified atom stereocenters. The molecule has 174 valence electrons. The molecule has 4 aromatic rings. The summed E-state index contributed by atoms with van der Waals surface area (Å²) in [5, 5.41) is 7.53. The Bertz CT molecular complexity index is 1360. The summed E-state index contributed by atoms with van der Waals surface area (Å²) in [6.07, 6.45) is 0.